The fourth-order valence-corrected chi connectivity index (χ4v) is 4.11. The number of rotatable bonds is 5. The first-order valence-electron chi connectivity index (χ1n) is 10.5. The lowest BCUT2D eigenvalue weighted by Gasteiger charge is -2.32. The minimum Gasteiger partial charge on any atom is -0.368 e. The summed E-state index contributed by atoms with van der Waals surface area (Å²) in [5.74, 6) is -0.00991. The summed E-state index contributed by atoms with van der Waals surface area (Å²) < 4.78 is 7.56. The number of hydrogen-bond acceptors (Lipinski definition) is 5. The van der Waals surface area contributed by atoms with Gasteiger partial charge in [-0.3, -0.25) is 9.78 Å². The van der Waals surface area contributed by atoms with Gasteiger partial charge in [-0.05, 0) is 35.4 Å². The van der Waals surface area contributed by atoms with E-state index in [-0.39, 0.29) is 18.6 Å². The van der Waals surface area contributed by atoms with Gasteiger partial charge in [-0.2, -0.15) is 0 Å². The van der Waals surface area contributed by atoms with Crippen molar-refractivity contribution in [3.8, 4) is 0 Å². The van der Waals surface area contributed by atoms with Crippen LogP contribution in [0.4, 0.5) is 0 Å². The minimum absolute atomic E-state index is 0.00991. The first-order valence-corrected chi connectivity index (χ1v) is 10.9. The van der Waals surface area contributed by atoms with Gasteiger partial charge in [-0.15, -0.1) is 5.10 Å². The summed E-state index contributed by atoms with van der Waals surface area (Å²) in [6.07, 6.45) is 2.31. The number of nitrogens with zero attached hydrogens (tertiary/aromatic N) is 5. The fourth-order valence-electron chi connectivity index (χ4n) is 3.91. The number of pyridine rings is 1. The second-order valence-electron chi connectivity index (χ2n) is 7.79. The van der Waals surface area contributed by atoms with E-state index in [0.29, 0.717) is 19.7 Å². The number of morpholine rings is 1. The van der Waals surface area contributed by atoms with Crippen molar-refractivity contribution < 1.29 is 9.53 Å². The van der Waals surface area contributed by atoms with Gasteiger partial charge in [0.1, 0.15) is 18.2 Å². The monoisotopic (exact) mass is 447 g/mol. The lowest BCUT2D eigenvalue weighted by molar-refractivity contribution is -0.140. The molecule has 7 nitrogen and oxygen atoms in total. The second kappa shape index (κ2) is 9.06. The predicted octanol–water partition coefficient (Wildman–Crippen LogP) is 3.67. The third-order valence-corrected chi connectivity index (χ3v) is 6.02. The van der Waals surface area contributed by atoms with E-state index in [1.54, 1.807) is 4.68 Å². The van der Waals surface area contributed by atoms with Crippen molar-refractivity contribution in [2.45, 2.75) is 19.1 Å². The van der Waals surface area contributed by atoms with Crippen LogP contribution in [-0.4, -0.2) is 50.5 Å². The van der Waals surface area contributed by atoms with Crippen LogP contribution >= 0.6 is 11.6 Å². The molecule has 0 unspecified atom stereocenters. The summed E-state index contributed by atoms with van der Waals surface area (Å²) in [4.78, 5) is 19.3. The highest BCUT2D eigenvalue weighted by atomic mass is 35.5. The van der Waals surface area contributed by atoms with Gasteiger partial charge < -0.3 is 9.64 Å². The maximum atomic E-state index is 12.9. The van der Waals surface area contributed by atoms with Crippen molar-refractivity contribution in [2.24, 2.45) is 0 Å². The van der Waals surface area contributed by atoms with Crippen LogP contribution in [0, 0.1) is 0 Å². The molecule has 0 radical (unpaired) electrons. The molecule has 8 heteroatoms. The Kier molecular flexibility index (Phi) is 5.83. The molecule has 1 saturated heterocycles. The summed E-state index contributed by atoms with van der Waals surface area (Å²) in [6, 6.07) is 19.4. The molecule has 162 valence electrons. The quantitative estimate of drug-likeness (QED) is 0.466. The molecule has 1 aliphatic heterocycles. The number of carbonyl (C=O) groups is 1. The summed E-state index contributed by atoms with van der Waals surface area (Å²) in [7, 11) is 0. The highest BCUT2D eigenvalue weighted by Gasteiger charge is 2.27. The molecule has 1 aliphatic rings. The van der Waals surface area contributed by atoms with Crippen molar-refractivity contribution in [2.75, 3.05) is 19.7 Å². The van der Waals surface area contributed by atoms with Gasteiger partial charge in [0.2, 0.25) is 5.91 Å². The van der Waals surface area contributed by atoms with Gasteiger partial charge in [-0.25, -0.2) is 4.68 Å². The van der Waals surface area contributed by atoms with Crippen molar-refractivity contribution >= 4 is 28.5 Å². The molecule has 0 aliphatic carbocycles. The van der Waals surface area contributed by atoms with Crippen LogP contribution in [0.15, 0.2) is 66.9 Å². The van der Waals surface area contributed by atoms with Gasteiger partial charge in [0, 0.05) is 24.2 Å². The van der Waals surface area contributed by atoms with Crippen LogP contribution in [0.25, 0.3) is 11.0 Å². The maximum Gasteiger partial charge on any atom is 0.244 e. The van der Waals surface area contributed by atoms with E-state index in [2.05, 4.69) is 15.3 Å². The molecule has 0 bridgehead atoms. The number of fused-ring (bicyclic) bond motifs is 1. The maximum absolute atomic E-state index is 12.9. The molecule has 32 heavy (non-hydrogen) atoms. The fraction of sp³-hybridized carbons (Fsp3) is 0.250. The van der Waals surface area contributed by atoms with Crippen LogP contribution in [0.5, 0.6) is 0 Å². The minimum atomic E-state index is -0.255. The topological polar surface area (TPSA) is 73.1 Å². The smallest absolute Gasteiger partial charge is 0.244 e. The summed E-state index contributed by atoms with van der Waals surface area (Å²) in [5.41, 5.74) is 4.58. The highest BCUT2D eigenvalue weighted by Crippen LogP contribution is 2.23. The largest absolute Gasteiger partial charge is 0.368 e. The molecule has 1 atom stereocenters. The summed E-state index contributed by atoms with van der Waals surface area (Å²) in [5, 5.41) is 9.00. The Labute approximate surface area is 190 Å². The number of hydrogen-bond donors (Lipinski definition) is 0. The zero-order chi connectivity index (χ0) is 21.9. The molecule has 1 fully saturated rings. The first kappa shape index (κ1) is 20.6. The van der Waals surface area contributed by atoms with Gasteiger partial charge in [0.05, 0.1) is 24.4 Å². The van der Waals surface area contributed by atoms with Crippen LogP contribution in [0.2, 0.25) is 5.02 Å². The molecule has 0 spiro atoms. The van der Waals surface area contributed by atoms with Crippen molar-refractivity contribution in [3.05, 3.63) is 88.7 Å². The Balaban J connectivity index is 1.24. The SMILES string of the molecule is O=C(Cn1nnc2ccccc21)N1CCO[C@@H](c2ccc(Cc3ccccc3Cl)cn2)C1. The summed E-state index contributed by atoms with van der Waals surface area (Å²) >= 11 is 6.27. The molecular formula is C24H22ClN5O2. The number of benzene rings is 2. The normalized spacial score (nSPS) is 16.4. The van der Waals surface area contributed by atoms with Crippen LogP contribution in [0.1, 0.15) is 22.9 Å². The Morgan fingerprint density at radius 3 is 2.78 bits per heavy atom. The van der Waals surface area contributed by atoms with Crippen LogP contribution in [-0.2, 0) is 22.5 Å². The number of aromatic nitrogens is 4. The van der Waals surface area contributed by atoms with E-state index in [1.165, 1.54) is 0 Å². The average molecular weight is 448 g/mol. The van der Waals surface area contributed by atoms with E-state index in [9.17, 15) is 4.79 Å². The van der Waals surface area contributed by atoms with Gasteiger partial charge >= 0.3 is 0 Å². The Bertz CT molecular complexity index is 1240. The van der Waals surface area contributed by atoms with E-state index < -0.39 is 0 Å². The van der Waals surface area contributed by atoms with Crippen LogP contribution < -0.4 is 0 Å². The number of ether oxygens (including phenoxy) is 1. The molecular weight excluding hydrogens is 426 g/mol. The van der Waals surface area contributed by atoms with E-state index in [1.807, 2.05) is 71.8 Å². The highest BCUT2D eigenvalue weighted by molar-refractivity contribution is 6.31. The Morgan fingerprint density at radius 1 is 1.09 bits per heavy atom. The molecule has 2 aromatic carbocycles. The lowest BCUT2D eigenvalue weighted by Crippen LogP contribution is -2.44. The molecule has 0 saturated carbocycles. The standard InChI is InChI=1S/C24H22ClN5O2/c25-19-6-2-1-5-18(19)13-17-9-10-21(26-14-17)23-15-29(11-12-32-23)24(31)16-30-22-8-4-3-7-20(22)27-28-30/h1-10,14,23H,11-13,15-16H2/t23-/m1/s1. The number of amides is 1. The molecule has 5 rings (SSSR count). The lowest BCUT2D eigenvalue weighted by atomic mass is 10.1. The van der Waals surface area contributed by atoms with Crippen LogP contribution in [0.3, 0.4) is 0 Å². The van der Waals surface area contributed by atoms with E-state index in [4.69, 9.17) is 16.3 Å². The zero-order valence-corrected chi connectivity index (χ0v) is 18.2. The molecule has 4 aromatic rings. The second-order valence-corrected chi connectivity index (χ2v) is 8.20. The van der Waals surface area contributed by atoms with Crippen molar-refractivity contribution in [3.63, 3.8) is 0 Å². The van der Waals surface area contributed by atoms with Gasteiger partial charge in [-0.1, -0.05) is 53.2 Å². The number of carbonyl (C=O) groups excluding carboxylic acids is 1. The third kappa shape index (κ3) is 4.35. The van der Waals surface area contributed by atoms with Gasteiger partial charge in [0.25, 0.3) is 0 Å². The predicted molar refractivity (Wildman–Crippen MR) is 121 cm³/mol. The summed E-state index contributed by atoms with van der Waals surface area (Å²) in [6.45, 7) is 1.63. The average Bonchev–Trinajstić information content (AvgIpc) is 3.24. The van der Waals surface area contributed by atoms with E-state index in [0.717, 1.165) is 39.3 Å². The number of halogens is 1. The van der Waals surface area contributed by atoms with Crippen molar-refractivity contribution in [1.82, 2.24) is 24.9 Å². The Hall–Kier alpha value is -3.29. The van der Waals surface area contributed by atoms with E-state index >= 15 is 0 Å². The third-order valence-electron chi connectivity index (χ3n) is 5.65. The first-order chi connectivity index (χ1) is 15.7. The van der Waals surface area contributed by atoms with Gasteiger partial charge in [0.15, 0.2) is 0 Å². The number of para-hydroxylation sites is 1. The molecule has 2 aromatic heterocycles. The molecule has 3 heterocycles. The Morgan fingerprint density at radius 2 is 1.94 bits per heavy atom. The molecule has 0 N–H and O–H groups in total. The van der Waals surface area contributed by atoms with Crippen molar-refractivity contribution in [1.29, 1.82) is 0 Å². The zero-order valence-electron chi connectivity index (χ0n) is 17.4. The molecule has 1 amide bonds.